The van der Waals surface area contributed by atoms with Gasteiger partial charge in [-0.3, -0.25) is 15.1 Å². The van der Waals surface area contributed by atoms with E-state index in [1.807, 2.05) is 30.3 Å². The average Bonchev–Trinajstić information content (AvgIpc) is 3.34. The van der Waals surface area contributed by atoms with Crippen molar-refractivity contribution in [2.45, 2.75) is 25.4 Å². The number of non-ortho nitro benzene ring substituents is 1. The number of furan rings is 1. The quantitative estimate of drug-likeness (QED) is 0.361. The van der Waals surface area contributed by atoms with Gasteiger partial charge in [0.1, 0.15) is 17.6 Å². The van der Waals surface area contributed by atoms with Crippen LogP contribution in [0.1, 0.15) is 36.9 Å². The maximum absolute atomic E-state index is 11.1. The molecule has 0 aliphatic carbocycles. The number of thiocarbonyl (C=S) groups is 1. The highest BCUT2D eigenvalue weighted by Gasteiger charge is 2.41. The molecule has 0 unspecified atom stereocenters. The zero-order valence-corrected chi connectivity index (χ0v) is 16.6. The molecule has 0 saturated carbocycles. The maximum Gasteiger partial charge on any atom is 0.270 e. The fraction of sp³-hybridized carbons (Fsp3) is 0.238. The van der Waals surface area contributed by atoms with E-state index in [0.717, 1.165) is 24.4 Å². The molecule has 0 radical (unpaired) electrons. The molecular formula is C21H20N4O3S. The molecule has 148 valence electrons. The maximum atomic E-state index is 11.1. The van der Waals surface area contributed by atoms with Crippen LogP contribution >= 0.6 is 12.2 Å². The first-order valence-electron chi connectivity index (χ1n) is 9.41. The predicted octanol–water partition coefficient (Wildman–Crippen LogP) is 4.63. The van der Waals surface area contributed by atoms with Gasteiger partial charge in [0.25, 0.3) is 5.69 Å². The van der Waals surface area contributed by atoms with E-state index in [1.54, 1.807) is 18.3 Å². The van der Waals surface area contributed by atoms with Gasteiger partial charge in [0.2, 0.25) is 0 Å². The van der Waals surface area contributed by atoms with Crippen molar-refractivity contribution >= 4 is 23.0 Å². The van der Waals surface area contributed by atoms with Crippen molar-refractivity contribution in [2.75, 3.05) is 6.54 Å². The molecule has 1 aromatic carbocycles. The topological polar surface area (TPSA) is 84.4 Å². The third-order valence-corrected chi connectivity index (χ3v) is 5.27. The van der Waals surface area contributed by atoms with Gasteiger partial charge in [0, 0.05) is 30.4 Å². The average molecular weight is 408 g/mol. The minimum atomic E-state index is -0.410. The molecule has 0 spiro atoms. The number of hydrogen-bond acceptors (Lipinski definition) is 5. The summed E-state index contributed by atoms with van der Waals surface area (Å²) >= 11 is 5.58. The van der Waals surface area contributed by atoms with Crippen molar-refractivity contribution < 1.29 is 9.34 Å². The molecule has 1 N–H and O–H groups in total. The first-order chi connectivity index (χ1) is 14.1. The summed E-state index contributed by atoms with van der Waals surface area (Å²) in [5, 5.41) is 15.1. The van der Waals surface area contributed by atoms with Gasteiger partial charge in [-0.05, 0) is 42.9 Å². The van der Waals surface area contributed by atoms with Gasteiger partial charge in [0.15, 0.2) is 5.11 Å². The first-order valence-corrected chi connectivity index (χ1v) is 9.82. The number of hydrogen-bond donors (Lipinski definition) is 1. The molecule has 1 saturated heterocycles. The van der Waals surface area contributed by atoms with E-state index in [4.69, 9.17) is 16.6 Å². The molecule has 1 aliphatic heterocycles. The fourth-order valence-corrected chi connectivity index (χ4v) is 3.97. The van der Waals surface area contributed by atoms with Crippen LogP contribution in [-0.2, 0) is 0 Å². The molecule has 1 aliphatic rings. The van der Waals surface area contributed by atoms with Gasteiger partial charge in [-0.25, -0.2) is 0 Å². The summed E-state index contributed by atoms with van der Waals surface area (Å²) in [7, 11) is 0. The molecule has 3 heterocycles. The second kappa shape index (κ2) is 8.00. The van der Waals surface area contributed by atoms with Gasteiger partial charge < -0.3 is 14.6 Å². The number of aromatic nitrogens is 1. The molecule has 1 fully saturated rings. The predicted molar refractivity (Wildman–Crippen MR) is 113 cm³/mol. The lowest BCUT2D eigenvalue weighted by Crippen LogP contribution is -2.30. The standard InChI is InChI=1S/C21H20N4O3S/c1-2-12-24-20(19(23-21(24)29)16-8-3-4-11-22-16)18-10-9-17(28-18)14-6-5-7-15(13-14)25(26)27/h3-11,13,19-20H,2,12H2,1H3,(H,23,29)/t19-,20+/m0/s1. The van der Waals surface area contributed by atoms with Crippen molar-refractivity contribution in [3.05, 3.63) is 82.4 Å². The van der Waals surface area contributed by atoms with E-state index in [1.165, 1.54) is 12.1 Å². The summed E-state index contributed by atoms with van der Waals surface area (Å²) in [4.78, 5) is 17.3. The number of nitrogens with one attached hydrogen (secondary N) is 1. The minimum Gasteiger partial charge on any atom is -0.459 e. The van der Waals surface area contributed by atoms with E-state index in [-0.39, 0.29) is 17.8 Å². The van der Waals surface area contributed by atoms with Gasteiger partial charge in [-0.1, -0.05) is 25.1 Å². The summed E-state index contributed by atoms with van der Waals surface area (Å²) < 4.78 is 6.17. The minimum absolute atomic E-state index is 0.0307. The van der Waals surface area contributed by atoms with Crippen LogP contribution in [0.4, 0.5) is 5.69 Å². The molecule has 8 heteroatoms. The van der Waals surface area contributed by atoms with Gasteiger partial charge in [-0.2, -0.15) is 0 Å². The number of nitro groups is 1. The highest BCUT2D eigenvalue weighted by atomic mass is 32.1. The molecule has 2 atom stereocenters. The van der Waals surface area contributed by atoms with Crippen molar-refractivity contribution in [3.8, 4) is 11.3 Å². The smallest absolute Gasteiger partial charge is 0.270 e. The molecule has 2 aromatic heterocycles. The van der Waals surface area contributed by atoms with Gasteiger partial charge >= 0.3 is 0 Å². The second-order valence-electron chi connectivity index (χ2n) is 6.83. The number of rotatable bonds is 6. The summed E-state index contributed by atoms with van der Waals surface area (Å²) in [6, 6.07) is 15.7. The van der Waals surface area contributed by atoms with E-state index < -0.39 is 4.92 Å². The third kappa shape index (κ3) is 3.71. The normalized spacial score (nSPS) is 18.7. The largest absolute Gasteiger partial charge is 0.459 e. The zero-order chi connectivity index (χ0) is 20.4. The molecule has 3 aromatic rings. The van der Waals surface area contributed by atoms with Crippen molar-refractivity contribution in [3.63, 3.8) is 0 Å². The van der Waals surface area contributed by atoms with Crippen LogP contribution in [0.3, 0.4) is 0 Å². The Morgan fingerprint density at radius 3 is 2.83 bits per heavy atom. The van der Waals surface area contributed by atoms with Gasteiger partial charge in [-0.15, -0.1) is 0 Å². The lowest BCUT2D eigenvalue weighted by Gasteiger charge is -2.25. The highest BCUT2D eigenvalue weighted by molar-refractivity contribution is 7.80. The molecule has 0 amide bonds. The number of nitrogens with zero attached hydrogens (tertiary/aromatic N) is 3. The Morgan fingerprint density at radius 2 is 2.10 bits per heavy atom. The Balaban J connectivity index is 1.72. The van der Waals surface area contributed by atoms with E-state index in [9.17, 15) is 10.1 Å². The Kier molecular flexibility index (Phi) is 5.26. The van der Waals surface area contributed by atoms with E-state index in [0.29, 0.717) is 16.4 Å². The number of benzene rings is 1. The Morgan fingerprint density at radius 1 is 1.24 bits per heavy atom. The van der Waals surface area contributed by atoms with Crippen LogP contribution in [0, 0.1) is 10.1 Å². The number of nitro benzene ring substituents is 1. The Hall–Kier alpha value is -3.26. The lowest BCUT2D eigenvalue weighted by molar-refractivity contribution is -0.384. The number of pyridine rings is 1. The lowest BCUT2D eigenvalue weighted by atomic mass is 10.0. The van der Waals surface area contributed by atoms with Crippen LogP contribution in [0.25, 0.3) is 11.3 Å². The molecular weight excluding hydrogens is 388 g/mol. The Bertz CT molecular complexity index is 1040. The molecule has 29 heavy (non-hydrogen) atoms. The fourth-order valence-electron chi connectivity index (χ4n) is 3.64. The summed E-state index contributed by atoms with van der Waals surface area (Å²) in [6.45, 7) is 2.89. The summed E-state index contributed by atoms with van der Waals surface area (Å²) in [5.74, 6) is 1.32. The van der Waals surface area contributed by atoms with Crippen molar-refractivity contribution in [1.29, 1.82) is 0 Å². The van der Waals surface area contributed by atoms with Crippen molar-refractivity contribution in [2.24, 2.45) is 0 Å². The molecule has 0 bridgehead atoms. The van der Waals surface area contributed by atoms with Crippen LogP contribution in [0.5, 0.6) is 0 Å². The first kappa shape index (κ1) is 19.1. The van der Waals surface area contributed by atoms with Gasteiger partial charge in [0.05, 0.1) is 16.7 Å². The Labute approximate surface area is 173 Å². The van der Waals surface area contributed by atoms with Crippen LogP contribution in [-0.4, -0.2) is 26.5 Å². The molecule has 4 rings (SSSR count). The SMILES string of the molecule is CCCN1C(=S)N[C@@H](c2ccccn2)[C@H]1c1ccc(-c2cccc([N+](=O)[O-])c2)o1. The highest BCUT2D eigenvalue weighted by Crippen LogP contribution is 2.40. The zero-order valence-electron chi connectivity index (χ0n) is 15.8. The van der Waals surface area contributed by atoms with Crippen LogP contribution in [0.2, 0.25) is 0 Å². The summed E-state index contributed by atoms with van der Waals surface area (Å²) in [6.07, 6.45) is 2.70. The second-order valence-corrected chi connectivity index (χ2v) is 7.22. The molecule has 7 nitrogen and oxygen atoms in total. The van der Waals surface area contributed by atoms with E-state index >= 15 is 0 Å². The van der Waals surface area contributed by atoms with Crippen LogP contribution < -0.4 is 5.32 Å². The third-order valence-electron chi connectivity index (χ3n) is 4.92. The van der Waals surface area contributed by atoms with Crippen molar-refractivity contribution in [1.82, 2.24) is 15.2 Å². The van der Waals surface area contributed by atoms with Crippen LogP contribution in [0.15, 0.2) is 65.2 Å². The monoisotopic (exact) mass is 408 g/mol. The summed E-state index contributed by atoms with van der Waals surface area (Å²) in [5.41, 5.74) is 1.57. The van der Waals surface area contributed by atoms with E-state index in [2.05, 4.69) is 22.1 Å².